The van der Waals surface area contributed by atoms with Gasteiger partial charge in [-0.3, -0.25) is 4.98 Å². The summed E-state index contributed by atoms with van der Waals surface area (Å²) in [7, 11) is 1.62. The summed E-state index contributed by atoms with van der Waals surface area (Å²) in [5.41, 5.74) is 3.42. The van der Waals surface area contributed by atoms with E-state index in [1.807, 2.05) is 37.3 Å². The molecule has 0 atom stereocenters. The number of halogens is 1. The zero-order valence-corrected chi connectivity index (χ0v) is 15.6. The van der Waals surface area contributed by atoms with Crippen molar-refractivity contribution in [1.82, 2.24) is 4.98 Å². The summed E-state index contributed by atoms with van der Waals surface area (Å²) >= 11 is 6.22. The van der Waals surface area contributed by atoms with Gasteiger partial charge in [-0.2, -0.15) is 0 Å². The van der Waals surface area contributed by atoms with Crippen molar-refractivity contribution >= 4 is 39.8 Å². The molecule has 0 aliphatic rings. The molecule has 5 nitrogen and oxygen atoms in total. The number of hydrogen-bond acceptors (Lipinski definition) is 5. The number of hydrogen-bond donors (Lipinski definition) is 1. The number of benzene rings is 2. The van der Waals surface area contributed by atoms with Gasteiger partial charge in [0.1, 0.15) is 11.3 Å². The molecule has 1 aromatic heterocycles. The molecule has 0 aliphatic carbocycles. The fourth-order valence-corrected chi connectivity index (χ4v) is 2.85. The number of carbonyl (C=O) groups is 1. The summed E-state index contributed by atoms with van der Waals surface area (Å²) in [5, 5.41) is 4.74. The lowest BCUT2D eigenvalue weighted by atomic mass is 10.1. The van der Waals surface area contributed by atoms with Crippen molar-refractivity contribution in [2.24, 2.45) is 0 Å². The van der Waals surface area contributed by atoms with E-state index in [-0.39, 0.29) is 0 Å². The van der Waals surface area contributed by atoms with Crippen LogP contribution in [0, 0.1) is 6.92 Å². The Morgan fingerprint density at radius 2 is 1.92 bits per heavy atom. The zero-order valence-electron chi connectivity index (χ0n) is 14.8. The molecule has 0 radical (unpaired) electrons. The monoisotopic (exact) mass is 370 g/mol. The number of methoxy groups -OCH3 is 1. The smallest absolute Gasteiger partial charge is 0.341 e. The molecule has 0 bridgehead atoms. The summed E-state index contributed by atoms with van der Waals surface area (Å²) in [6.07, 6.45) is 1.52. The first-order chi connectivity index (χ1) is 12.5. The average molecular weight is 371 g/mol. The Kier molecular flexibility index (Phi) is 5.28. The van der Waals surface area contributed by atoms with E-state index in [9.17, 15) is 4.79 Å². The first kappa shape index (κ1) is 18.0. The number of aromatic nitrogens is 1. The van der Waals surface area contributed by atoms with E-state index in [0.717, 1.165) is 27.9 Å². The molecule has 1 heterocycles. The summed E-state index contributed by atoms with van der Waals surface area (Å²) in [6.45, 7) is 3.96. The van der Waals surface area contributed by atoms with Crippen molar-refractivity contribution in [3.63, 3.8) is 0 Å². The number of aryl methyl sites for hydroxylation is 1. The van der Waals surface area contributed by atoms with Crippen LogP contribution in [0.1, 0.15) is 22.8 Å². The van der Waals surface area contributed by atoms with Crippen LogP contribution in [-0.2, 0) is 4.74 Å². The van der Waals surface area contributed by atoms with E-state index >= 15 is 0 Å². The maximum atomic E-state index is 12.4. The minimum atomic E-state index is -0.425. The van der Waals surface area contributed by atoms with Gasteiger partial charge in [-0.15, -0.1) is 0 Å². The number of pyridine rings is 1. The van der Waals surface area contributed by atoms with E-state index in [1.54, 1.807) is 20.1 Å². The van der Waals surface area contributed by atoms with Crippen LogP contribution in [0.2, 0.25) is 5.02 Å². The molecule has 0 amide bonds. The largest absolute Gasteiger partial charge is 0.497 e. The van der Waals surface area contributed by atoms with Crippen LogP contribution in [0.15, 0.2) is 42.6 Å². The number of anilines is 2. The van der Waals surface area contributed by atoms with Crippen LogP contribution < -0.4 is 10.1 Å². The highest BCUT2D eigenvalue weighted by Crippen LogP contribution is 2.33. The minimum absolute atomic E-state index is 0.290. The highest BCUT2D eigenvalue weighted by molar-refractivity contribution is 6.32. The Morgan fingerprint density at radius 1 is 1.19 bits per heavy atom. The second-order valence-corrected chi connectivity index (χ2v) is 6.10. The lowest BCUT2D eigenvalue weighted by Gasteiger charge is -2.15. The van der Waals surface area contributed by atoms with Gasteiger partial charge >= 0.3 is 5.97 Å². The van der Waals surface area contributed by atoms with Gasteiger partial charge in [0.05, 0.1) is 24.9 Å². The molecule has 26 heavy (non-hydrogen) atoms. The molecular formula is C20H19ClN2O3. The van der Waals surface area contributed by atoms with Gasteiger partial charge < -0.3 is 14.8 Å². The molecule has 0 saturated heterocycles. The Morgan fingerprint density at radius 3 is 2.58 bits per heavy atom. The third kappa shape index (κ3) is 3.44. The normalized spacial score (nSPS) is 10.6. The van der Waals surface area contributed by atoms with Gasteiger partial charge in [-0.25, -0.2) is 4.79 Å². The first-order valence-corrected chi connectivity index (χ1v) is 8.59. The van der Waals surface area contributed by atoms with Crippen LogP contribution in [-0.4, -0.2) is 24.7 Å². The second-order valence-electron chi connectivity index (χ2n) is 5.69. The molecule has 0 aliphatic heterocycles. The third-order valence-corrected chi connectivity index (χ3v) is 4.49. The van der Waals surface area contributed by atoms with Crippen LogP contribution in [0.3, 0.4) is 0 Å². The highest BCUT2D eigenvalue weighted by Gasteiger charge is 2.18. The van der Waals surface area contributed by atoms with Crippen molar-refractivity contribution < 1.29 is 14.3 Å². The number of fused-ring (bicyclic) bond motifs is 1. The van der Waals surface area contributed by atoms with Crippen molar-refractivity contribution in [1.29, 1.82) is 0 Å². The number of rotatable bonds is 5. The third-order valence-electron chi connectivity index (χ3n) is 4.08. The molecule has 3 aromatic rings. The van der Waals surface area contributed by atoms with Crippen LogP contribution in [0.5, 0.6) is 5.75 Å². The van der Waals surface area contributed by atoms with Gasteiger partial charge in [0, 0.05) is 22.3 Å². The Balaban J connectivity index is 2.15. The number of esters is 1. The quantitative estimate of drug-likeness (QED) is 0.631. The minimum Gasteiger partial charge on any atom is -0.497 e. The van der Waals surface area contributed by atoms with E-state index < -0.39 is 5.97 Å². The van der Waals surface area contributed by atoms with E-state index in [1.165, 1.54) is 6.20 Å². The number of nitrogens with zero attached hydrogens (tertiary/aromatic N) is 1. The standard InChI is InChI=1S/C20H19ClN2O3/c1-4-26-20(24)16-11-22-18-12(2)17(21)10-9-15(18)19(16)23-13-5-7-14(25-3)8-6-13/h5-11H,4H2,1-3H3,(H,22,23). The number of carbonyl (C=O) groups excluding carboxylic acids is 1. The van der Waals surface area contributed by atoms with Gasteiger partial charge in [-0.1, -0.05) is 11.6 Å². The van der Waals surface area contributed by atoms with Crippen molar-refractivity contribution in [2.45, 2.75) is 13.8 Å². The SMILES string of the molecule is CCOC(=O)c1cnc2c(C)c(Cl)ccc2c1Nc1ccc(OC)cc1. The molecule has 134 valence electrons. The molecule has 0 fully saturated rings. The second kappa shape index (κ2) is 7.62. The maximum Gasteiger partial charge on any atom is 0.341 e. The molecule has 0 saturated carbocycles. The van der Waals surface area contributed by atoms with Gasteiger partial charge in [-0.05, 0) is 55.8 Å². The van der Waals surface area contributed by atoms with Gasteiger partial charge in [0.15, 0.2) is 0 Å². The summed E-state index contributed by atoms with van der Waals surface area (Å²) in [6, 6.07) is 11.1. The molecule has 0 spiro atoms. The van der Waals surface area contributed by atoms with E-state index in [4.69, 9.17) is 21.1 Å². The number of ether oxygens (including phenoxy) is 2. The summed E-state index contributed by atoms with van der Waals surface area (Å²) < 4.78 is 10.4. The first-order valence-electron chi connectivity index (χ1n) is 8.21. The lowest BCUT2D eigenvalue weighted by molar-refractivity contribution is 0.0527. The van der Waals surface area contributed by atoms with Gasteiger partial charge in [0.2, 0.25) is 0 Å². The summed E-state index contributed by atoms with van der Waals surface area (Å²) in [5.74, 6) is 0.328. The zero-order chi connectivity index (χ0) is 18.7. The molecule has 6 heteroatoms. The maximum absolute atomic E-state index is 12.4. The number of nitrogens with one attached hydrogen (secondary N) is 1. The predicted octanol–water partition coefficient (Wildman–Crippen LogP) is 5.13. The Hall–Kier alpha value is -2.79. The van der Waals surface area contributed by atoms with Crippen LogP contribution >= 0.6 is 11.6 Å². The van der Waals surface area contributed by atoms with Gasteiger partial charge in [0.25, 0.3) is 0 Å². The predicted molar refractivity (Wildman–Crippen MR) is 104 cm³/mol. The highest BCUT2D eigenvalue weighted by atomic mass is 35.5. The van der Waals surface area contributed by atoms with Crippen LogP contribution in [0.25, 0.3) is 10.9 Å². The Labute approximate surface area is 156 Å². The van der Waals surface area contributed by atoms with Crippen molar-refractivity contribution in [2.75, 3.05) is 19.0 Å². The lowest BCUT2D eigenvalue weighted by Crippen LogP contribution is -2.09. The van der Waals surface area contributed by atoms with Crippen molar-refractivity contribution in [3.05, 3.63) is 58.7 Å². The molecule has 0 unspecified atom stereocenters. The van der Waals surface area contributed by atoms with E-state index in [2.05, 4.69) is 10.3 Å². The molecule has 3 rings (SSSR count). The Bertz CT molecular complexity index is 955. The topological polar surface area (TPSA) is 60.5 Å². The van der Waals surface area contributed by atoms with E-state index in [0.29, 0.717) is 22.9 Å². The molecule has 2 aromatic carbocycles. The average Bonchev–Trinajstić information content (AvgIpc) is 2.65. The summed E-state index contributed by atoms with van der Waals surface area (Å²) in [4.78, 5) is 16.8. The molecular weight excluding hydrogens is 352 g/mol. The van der Waals surface area contributed by atoms with Crippen LogP contribution in [0.4, 0.5) is 11.4 Å². The fourth-order valence-electron chi connectivity index (χ4n) is 2.70. The fraction of sp³-hybridized carbons (Fsp3) is 0.200. The van der Waals surface area contributed by atoms with Crippen molar-refractivity contribution in [3.8, 4) is 5.75 Å². The molecule has 1 N–H and O–H groups in total.